The monoisotopic (exact) mass is 482 g/mol. The van der Waals surface area contributed by atoms with Gasteiger partial charge in [-0.15, -0.1) is 0 Å². The summed E-state index contributed by atoms with van der Waals surface area (Å²) in [5.74, 6) is 2.34. The molecule has 0 aromatic heterocycles. The summed E-state index contributed by atoms with van der Waals surface area (Å²) in [6.07, 6.45) is 6.31. The first kappa shape index (κ1) is 27.5. The average Bonchev–Trinajstić information content (AvgIpc) is 2.81. The molecule has 1 fully saturated rings. The van der Waals surface area contributed by atoms with E-state index in [4.69, 9.17) is 25.7 Å². The van der Waals surface area contributed by atoms with Gasteiger partial charge in [0.25, 0.3) is 0 Å². The van der Waals surface area contributed by atoms with Crippen molar-refractivity contribution < 1.29 is 14.2 Å². The summed E-state index contributed by atoms with van der Waals surface area (Å²) in [6, 6.07) is 16.6. The molecule has 194 valence electrons. The minimum absolute atomic E-state index is 0.388. The maximum absolute atomic E-state index is 6.56. The summed E-state index contributed by atoms with van der Waals surface area (Å²) >= 11 is 0. The lowest BCUT2D eigenvalue weighted by Gasteiger charge is -2.51. The Kier molecular flexibility index (Phi) is 8.90. The maximum atomic E-state index is 6.56. The Morgan fingerprint density at radius 2 is 1.31 bits per heavy atom. The zero-order valence-electron chi connectivity index (χ0n) is 22.6. The lowest BCUT2D eigenvalue weighted by molar-refractivity contribution is -0.0739. The van der Waals surface area contributed by atoms with Gasteiger partial charge in [-0.3, -0.25) is 0 Å². The molecule has 1 atom stereocenters. The third-order valence-electron chi connectivity index (χ3n) is 7.97. The highest BCUT2D eigenvalue weighted by atomic mass is 16.7. The smallest absolute Gasteiger partial charge is 0.197 e. The van der Waals surface area contributed by atoms with Gasteiger partial charge in [-0.25, -0.2) is 0 Å². The second kappa shape index (κ2) is 11.3. The van der Waals surface area contributed by atoms with Crippen LogP contribution in [0.3, 0.4) is 0 Å². The van der Waals surface area contributed by atoms with Crippen LogP contribution in [0.5, 0.6) is 11.5 Å². The summed E-state index contributed by atoms with van der Waals surface area (Å²) in [7, 11) is 0. The molecule has 5 nitrogen and oxygen atoms in total. The zero-order chi connectivity index (χ0) is 25.7. The summed E-state index contributed by atoms with van der Waals surface area (Å²) in [4.78, 5) is 0. The van der Waals surface area contributed by atoms with E-state index in [0.29, 0.717) is 19.1 Å². The fraction of sp³-hybridized carbons (Fsp3) is 0.600. The van der Waals surface area contributed by atoms with Crippen molar-refractivity contribution in [2.45, 2.75) is 102 Å². The largest absolute Gasteiger partial charge is 0.491 e. The van der Waals surface area contributed by atoms with E-state index >= 15 is 0 Å². The number of ether oxygens (including phenoxy) is 3. The molecule has 35 heavy (non-hydrogen) atoms. The van der Waals surface area contributed by atoms with Gasteiger partial charge in [0.05, 0.1) is 6.61 Å². The first-order valence-corrected chi connectivity index (χ1v) is 13.1. The van der Waals surface area contributed by atoms with Crippen molar-refractivity contribution >= 4 is 0 Å². The molecule has 4 N–H and O–H groups in total. The van der Waals surface area contributed by atoms with Crippen molar-refractivity contribution in [2.75, 3.05) is 13.2 Å². The van der Waals surface area contributed by atoms with E-state index in [0.717, 1.165) is 17.1 Å². The number of rotatable bonds is 11. The van der Waals surface area contributed by atoms with Crippen LogP contribution in [0.2, 0.25) is 0 Å². The third kappa shape index (κ3) is 6.78. The Hall–Kier alpha value is -2.08. The molecule has 1 aliphatic rings. The van der Waals surface area contributed by atoms with Gasteiger partial charge in [-0.2, -0.15) is 0 Å². The van der Waals surface area contributed by atoms with Crippen molar-refractivity contribution in [2.24, 2.45) is 11.5 Å². The highest BCUT2D eigenvalue weighted by molar-refractivity contribution is 5.38. The van der Waals surface area contributed by atoms with Crippen LogP contribution in [-0.4, -0.2) is 30.6 Å². The van der Waals surface area contributed by atoms with Gasteiger partial charge >= 0.3 is 0 Å². The van der Waals surface area contributed by atoms with E-state index in [2.05, 4.69) is 31.2 Å². The van der Waals surface area contributed by atoms with Crippen molar-refractivity contribution in [3.63, 3.8) is 0 Å². The first-order chi connectivity index (χ1) is 16.4. The standard InChI is InChI=1S/C30H46N2O3/c1-22(33-20-21-34-26-16-12-24(13-17-26)23-10-8-7-9-11-23)35-27-18-14-25(15-19-27)30(6,28(2,3)31)29(4,5)32/h12-19,22-23H,7-11,20-21,31-32H2,1-6H3. The summed E-state index contributed by atoms with van der Waals surface area (Å²) in [5.41, 5.74) is 14.2. The summed E-state index contributed by atoms with van der Waals surface area (Å²) in [5, 5.41) is 0. The molecule has 0 heterocycles. The van der Waals surface area contributed by atoms with Gasteiger partial charge in [0.2, 0.25) is 0 Å². The predicted molar refractivity (Wildman–Crippen MR) is 144 cm³/mol. The minimum atomic E-state index is -0.500. The molecule has 0 aliphatic heterocycles. The Bertz CT molecular complexity index is 891. The van der Waals surface area contributed by atoms with Crippen LogP contribution in [0.25, 0.3) is 0 Å². The first-order valence-electron chi connectivity index (χ1n) is 13.1. The van der Waals surface area contributed by atoms with Crippen LogP contribution in [0, 0.1) is 0 Å². The molecule has 0 radical (unpaired) electrons. The van der Waals surface area contributed by atoms with E-state index in [1.165, 1.54) is 37.7 Å². The zero-order valence-corrected chi connectivity index (χ0v) is 22.6. The van der Waals surface area contributed by atoms with Gasteiger partial charge in [-0.05, 0) is 88.8 Å². The fourth-order valence-corrected chi connectivity index (χ4v) is 5.31. The predicted octanol–water partition coefficient (Wildman–Crippen LogP) is 6.29. The van der Waals surface area contributed by atoms with Crippen LogP contribution in [0.4, 0.5) is 0 Å². The van der Waals surface area contributed by atoms with Crippen LogP contribution in [0.15, 0.2) is 48.5 Å². The van der Waals surface area contributed by atoms with Crippen molar-refractivity contribution in [1.82, 2.24) is 0 Å². The molecule has 2 aromatic rings. The Morgan fingerprint density at radius 3 is 1.86 bits per heavy atom. The van der Waals surface area contributed by atoms with Gasteiger partial charge in [0.15, 0.2) is 6.29 Å². The van der Waals surface area contributed by atoms with E-state index in [9.17, 15) is 0 Å². The molecule has 1 unspecified atom stereocenters. The molecular weight excluding hydrogens is 436 g/mol. The van der Waals surface area contributed by atoms with Crippen LogP contribution in [-0.2, 0) is 10.2 Å². The molecule has 5 heteroatoms. The Morgan fingerprint density at radius 1 is 0.771 bits per heavy atom. The Balaban J connectivity index is 1.45. The number of nitrogens with two attached hydrogens (primary N) is 2. The van der Waals surface area contributed by atoms with Crippen molar-refractivity contribution in [3.8, 4) is 11.5 Å². The van der Waals surface area contributed by atoms with Crippen molar-refractivity contribution in [1.29, 1.82) is 0 Å². The molecule has 3 rings (SSSR count). The highest BCUT2D eigenvalue weighted by Gasteiger charge is 2.49. The van der Waals surface area contributed by atoms with Gasteiger partial charge in [0, 0.05) is 16.5 Å². The van der Waals surface area contributed by atoms with Crippen LogP contribution >= 0.6 is 0 Å². The minimum Gasteiger partial charge on any atom is -0.491 e. The summed E-state index contributed by atoms with van der Waals surface area (Å²) in [6.45, 7) is 13.0. The van der Waals surface area contributed by atoms with Crippen LogP contribution in [0.1, 0.15) is 90.7 Å². The molecule has 2 aromatic carbocycles. The average molecular weight is 483 g/mol. The van der Waals surface area contributed by atoms with E-state index in [1.54, 1.807) is 0 Å². The third-order valence-corrected chi connectivity index (χ3v) is 7.97. The highest BCUT2D eigenvalue weighted by Crippen LogP contribution is 2.42. The molecule has 1 saturated carbocycles. The SMILES string of the molecule is CC(OCCOc1ccc(C2CCCCC2)cc1)Oc1ccc(C(C)(C(C)(C)N)C(C)(C)N)cc1. The van der Waals surface area contributed by atoms with E-state index in [-0.39, 0.29) is 6.29 Å². The number of hydrogen-bond donors (Lipinski definition) is 2. The van der Waals surface area contributed by atoms with Crippen LogP contribution < -0.4 is 20.9 Å². The molecule has 0 saturated heterocycles. The topological polar surface area (TPSA) is 79.7 Å². The molecule has 1 aliphatic carbocycles. The maximum Gasteiger partial charge on any atom is 0.197 e. The van der Waals surface area contributed by atoms with E-state index < -0.39 is 16.5 Å². The van der Waals surface area contributed by atoms with Gasteiger partial charge in [-0.1, -0.05) is 50.5 Å². The second-order valence-corrected chi connectivity index (χ2v) is 11.4. The number of hydrogen-bond acceptors (Lipinski definition) is 5. The molecular formula is C30H46N2O3. The Labute approximate surface area is 212 Å². The number of benzene rings is 2. The normalized spacial score (nSPS) is 16.7. The lowest BCUT2D eigenvalue weighted by Crippen LogP contribution is -2.66. The lowest BCUT2D eigenvalue weighted by atomic mass is 9.59. The fourth-order valence-electron chi connectivity index (χ4n) is 5.31. The molecule has 0 spiro atoms. The quantitative estimate of drug-likeness (QED) is 0.291. The second-order valence-electron chi connectivity index (χ2n) is 11.4. The van der Waals surface area contributed by atoms with Gasteiger partial charge < -0.3 is 25.7 Å². The summed E-state index contributed by atoms with van der Waals surface area (Å²) < 4.78 is 17.6. The molecule has 0 bridgehead atoms. The van der Waals surface area contributed by atoms with E-state index in [1.807, 2.05) is 58.9 Å². The van der Waals surface area contributed by atoms with Gasteiger partial charge in [0.1, 0.15) is 18.1 Å². The molecule has 0 amide bonds. The van der Waals surface area contributed by atoms with Crippen molar-refractivity contribution in [3.05, 3.63) is 59.7 Å².